The second kappa shape index (κ2) is 3.31. The minimum absolute atomic E-state index is 0.571. The van der Waals surface area contributed by atoms with Crippen LogP contribution in [0.4, 0.5) is 13.2 Å². The van der Waals surface area contributed by atoms with Crippen molar-refractivity contribution < 1.29 is 18.3 Å². The maximum Gasteiger partial charge on any atom is 0.418 e. The van der Waals surface area contributed by atoms with Crippen LogP contribution in [0.5, 0.6) is 5.88 Å². The lowest BCUT2D eigenvalue weighted by Crippen LogP contribution is -2.20. The number of nitrogens with zero attached hydrogens (tertiary/aromatic N) is 1. The first-order chi connectivity index (χ1) is 6.79. The van der Waals surface area contributed by atoms with Gasteiger partial charge in [-0.3, -0.25) is 9.78 Å². The Hall–Kier alpha value is -1.97. The third-order valence-electron chi connectivity index (χ3n) is 1.83. The van der Waals surface area contributed by atoms with Crippen LogP contribution in [-0.2, 0) is 6.18 Å². The van der Waals surface area contributed by atoms with Crippen molar-refractivity contribution in [2.24, 2.45) is 0 Å². The summed E-state index contributed by atoms with van der Waals surface area (Å²) in [4.78, 5) is 12.7. The van der Waals surface area contributed by atoms with Gasteiger partial charge in [0.1, 0.15) is 11.6 Å². The molecule has 80 valence electrons. The number of alkyl halides is 3. The average Bonchev–Trinajstić information content (AvgIpc) is 2.08. The molecule has 1 aromatic rings. The summed E-state index contributed by atoms with van der Waals surface area (Å²) < 4.78 is 37.3. The molecule has 0 aliphatic rings. The number of hydrogen-bond donors (Lipinski definition) is 2. The van der Waals surface area contributed by atoms with Gasteiger partial charge < -0.3 is 5.11 Å². The zero-order valence-electron chi connectivity index (χ0n) is 7.44. The van der Waals surface area contributed by atoms with Crippen LogP contribution >= 0.6 is 0 Å². The number of pyridine rings is 1. The fourth-order valence-electron chi connectivity index (χ4n) is 1.14. The Labute approximate surface area is 81.6 Å². The van der Waals surface area contributed by atoms with Gasteiger partial charge in [-0.25, -0.2) is 0 Å². The van der Waals surface area contributed by atoms with Crippen LogP contribution in [-0.4, -0.2) is 10.1 Å². The summed E-state index contributed by atoms with van der Waals surface area (Å²) in [5, 5.41) is 17.4. The van der Waals surface area contributed by atoms with Gasteiger partial charge >= 0.3 is 6.18 Å². The topological polar surface area (TPSA) is 76.9 Å². The summed E-state index contributed by atoms with van der Waals surface area (Å²) in [6, 6.07) is 1.16. The number of aromatic nitrogens is 1. The molecule has 0 unspecified atom stereocenters. The second-order valence-corrected chi connectivity index (χ2v) is 2.79. The molecule has 2 N–H and O–H groups in total. The van der Waals surface area contributed by atoms with Crippen LogP contribution in [0, 0.1) is 18.3 Å². The minimum Gasteiger partial charge on any atom is -0.494 e. The van der Waals surface area contributed by atoms with E-state index in [-0.39, 0.29) is 0 Å². The standard InChI is InChI=1S/C8H5F3N2O2/c1-3-5(8(9,10)11)4(2-12)7(15)13-6(3)14/h1H3,(H2,13,14,15). The first-order valence-electron chi connectivity index (χ1n) is 3.72. The number of hydrogen-bond acceptors (Lipinski definition) is 3. The van der Waals surface area contributed by atoms with E-state index in [1.54, 1.807) is 4.98 Å². The number of halogens is 3. The molecule has 0 bridgehead atoms. The Morgan fingerprint density at radius 2 is 2.00 bits per heavy atom. The van der Waals surface area contributed by atoms with E-state index in [0.717, 1.165) is 13.0 Å². The molecule has 15 heavy (non-hydrogen) atoms. The molecule has 0 saturated carbocycles. The number of aromatic amines is 1. The lowest BCUT2D eigenvalue weighted by atomic mass is 10.1. The molecular weight excluding hydrogens is 213 g/mol. The molecule has 0 aliphatic carbocycles. The summed E-state index contributed by atoms with van der Waals surface area (Å²) in [5.74, 6) is -0.883. The van der Waals surface area contributed by atoms with E-state index >= 15 is 0 Å². The molecule has 0 atom stereocenters. The van der Waals surface area contributed by atoms with Crippen molar-refractivity contribution in [1.82, 2.24) is 4.98 Å². The maximum absolute atomic E-state index is 12.4. The first kappa shape index (κ1) is 11.1. The van der Waals surface area contributed by atoms with Crippen LogP contribution in [0.3, 0.4) is 0 Å². The van der Waals surface area contributed by atoms with E-state index < -0.39 is 34.3 Å². The van der Waals surface area contributed by atoms with Gasteiger partial charge in [-0.2, -0.15) is 18.4 Å². The predicted molar refractivity (Wildman–Crippen MR) is 43.2 cm³/mol. The molecule has 4 nitrogen and oxygen atoms in total. The molecule has 0 aromatic carbocycles. The fraction of sp³-hybridized carbons (Fsp3) is 0.250. The quantitative estimate of drug-likeness (QED) is 0.688. The summed E-state index contributed by atoms with van der Waals surface area (Å²) >= 11 is 0. The molecule has 7 heteroatoms. The number of H-pyrrole nitrogens is 1. The Bertz CT molecular complexity index is 496. The Balaban J connectivity index is 3.77. The van der Waals surface area contributed by atoms with Crippen molar-refractivity contribution in [3.8, 4) is 11.9 Å². The molecule has 0 spiro atoms. The van der Waals surface area contributed by atoms with Gasteiger partial charge in [-0.05, 0) is 6.92 Å². The number of nitriles is 1. The Kier molecular flexibility index (Phi) is 2.45. The zero-order chi connectivity index (χ0) is 11.8. The lowest BCUT2D eigenvalue weighted by molar-refractivity contribution is -0.138. The summed E-state index contributed by atoms with van der Waals surface area (Å²) in [6.07, 6.45) is -4.85. The average molecular weight is 218 g/mol. The summed E-state index contributed by atoms with van der Waals surface area (Å²) in [7, 11) is 0. The van der Waals surface area contributed by atoms with E-state index in [0.29, 0.717) is 0 Å². The normalized spacial score (nSPS) is 11.1. The molecule has 0 amide bonds. The first-order valence-corrected chi connectivity index (χ1v) is 3.72. The predicted octanol–water partition coefficient (Wildman–Crippen LogP) is 1.28. The van der Waals surface area contributed by atoms with Crippen LogP contribution in [0.1, 0.15) is 16.7 Å². The van der Waals surface area contributed by atoms with Gasteiger partial charge in [0.2, 0.25) is 0 Å². The maximum atomic E-state index is 12.4. The number of aromatic hydroxyl groups is 1. The fourth-order valence-corrected chi connectivity index (χ4v) is 1.14. The second-order valence-electron chi connectivity index (χ2n) is 2.79. The highest BCUT2D eigenvalue weighted by atomic mass is 19.4. The van der Waals surface area contributed by atoms with Gasteiger partial charge in [0.15, 0.2) is 5.88 Å². The monoisotopic (exact) mass is 218 g/mol. The van der Waals surface area contributed by atoms with Crippen LogP contribution in [0.15, 0.2) is 4.79 Å². The molecule has 1 rings (SSSR count). The molecular formula is C8H5F3N2O2. The Morgan fingerprint density at radius 1 is 1.47 bits per heavy atom. The minimum atomic E-state index is -4.85. The molecule has 1 heterocycles. The van der Waals surface area contributed by atoms with E-state index in [1.165, 1.54) is 0 Å². The van der Waals surface area contributed by atoms with Crippen molar-refractivity contribution in [3.05, 3.63) is 27.0 Å². The summed E-state index contributed by atoms with van der Waals surface area (Å²) in [6.45, 7) is 0.967. The molecule has 0 saturated heterocycles. The van der Waals surface area contributed by atoms with Crippen LogP contribution in [0.25, 0.3) is 0 Å². The number of nitrogens with one attached hydrogen (secondary N) is 1. The third kappa shape index (κ3) is 1.79. The van der Waals surface area contributed by atoms with Gasteiger partial charge in [0.25, 0.3) is 5.56 Å². The number of rotatable bonds is 0. The summed E-state index contributed by atoms with van der Waals surface area (Å²) in [5.41, 5.74) is -4.27. The highest BCUT2D eigenvalue weighted by Gasteiger charge is 2.38. The van der Waals surface area contributed by atoms with Crippen LogP contribution < -0.4 is 5.56 Å². The van der Waals surface area contributed by atoms with E-state index in [1.807, 2.05) is 0 Å². The third-order valence-corrected chi connectivity index (χ3v) is 1.83. The zero-order valence-corrected chi connectivity index (χ0v) is 7.44. The largest absolute Gasteiger partial charge is 0.494 e. The Morgan fingerprint density at radius 3 is 2.40 bits per heavy atom. The van der Waals surface area contributed by atoms with Crippen molar-refractivity contribution in [1.29, 1.82) is 5.26 Å². The SMILES string of the molecule is Cc1c(O)[nH]c(=O)c(C#N)c1C(F)(F)F. The van der Waals surface area contributed by atoms with Gasteiger partial charge in [0.05, 0.1) is 5.56 Å². The smallest absolute Gasteiger partial charge is 0.418 e. The van der Waals surface area contributed by atoms with Gasteiger partial charge in [-0.1, -0.05) is 0 Å². The van der Waals surface area contributed by atoms with E-state index in [4.69, 9.17) is 10.4 Å². The van der Waals surface area contributed by atoms with Gasteiger partial charge in [0, 0.05) is 5.56 Å². The van der Waals surface area contributed by atoms with Crippen molar-refractivity contribution in [3.63, 3.8) is 0 Å². The van der Waals surface area contributed by atoms with E-state index in [9.17, 15) is 18.0 Å². The van der Waals surface area contributed by atoms with Crippen LogP contribution in [0.2, 0.25) is 0 Å². The molecule has 0 radical (unpaired) electrons. The molecule has 0 fully saturated rings. The van der Waals surface area contributed by atoms with E-state index in [2.05, 4.69) is 0 Å². The van der Waals surface area contributed by atoms with Crippen molar-refractivity contribution in [2.45, 2.75) is 13.1 Å². The lowest BCUT2D eigenvalue weighted by Gasteiger charge is -2.11. The molecule has 1 aromatic heterocycles. The highest BCUT2D eigenvalue weighted by molar-refractivity contribution is 5.46. The highest BCUT2D eigenvalue weighted by Crippen LogP contribution is 2.35. The van der Waals surface area contributed by atoms with Gasteiger partial charge in [-0.15, -0.1) is 0 Å². The van der Waals surface area contributed by atoms with Crippen molar-refractivity contribution in [2.75, 3.05) is 0 Å². The molecule has 0 aliphatic heterocycles. The van der Waals surface area contributed by atoms with Crippen molar-refractivity contribution >= 4 is 0 Å².